The number of rotatable bonds is 2. The standard InChI is InChI=1S/C11H11NO3/c13-10-5-9(6-12-10)7-1-3-8(4-2-7)11(14)15/h1-4,9H,5-6H2,(H,12,13)(H,14,15). The zero-order valence-electron chi connectivity index (χ0n) is 8.06. The number of carbonyl (C=O) groups excluding carboxylic acids is 1. The number of hydrogen-bond donors (Lipinski definition) is 2. The second-order valence-corrected chi connectivity index (χ2v) is 3.63. The van der Waals surface area contributed by atoms with Crippen LogP contribution in [0.3, 0.4) is 0 Å². The molecule has 1 aromatic carbocycles. The molecule has 0 aromatic heterocycles. The van der Waals surface area contributed by atoms with Gasteiger partial charge in [-0.05, 0) is 17.7 Å². The molecule has 2 N–H and O–H groups in total. The molecule has 1 amide bonds. The van der Waals surface area contributed by atoms with E-state index in [2.05, 4.69) is 5.32 Å². The van der Waals surface area contributed by atoms with Crippen molar-refractivity contribution in [3.8, 4) is 0 Å². The molecule has 0 spiro atoms. The molecule has 0 bridgehead atoms. The van der Waals surface area contributed by atoms with Crippen molar-refractivity contribution in [1.29, 1.82) is 0 Å². The van der Waals surface area contributed by atoms with Crippen LogP contribution in [-0.2, 0) is 4.79 Å². The molecular weight excluding hydrogens is 194 g/mol. The van der Waals surface area contributed by atoms with Gasteiger partial charge in [-0.15, -0.1) is 0 Å². The number of carboxylic acids is 1. The minimum absolute atomic E-state index is 0.0577. The normalized spacial score (nSPS) is 20.0. The number of carbonyl (C=O) groups is 2. The molecule has 4 heteroatoms. The van der Waals surface area contributed by atoms with Crippen molar-refractivity contribution < 1.29 is 14.7 Å². The first-order chi connectivity index (χ1) is 7.16. The third kappa shape index (κ3) is 1.98. The van der Waals surface area contributed by atoms with Crippen LogP contribution < -0.4 is 5.32 Å². The topological polar surface area (TPSA) is 66.4 Å². The fraction of sp³-hybridized carbons (Fsp3) is 0.273. The van der Waals surface area contributed by atoms with Gasteiger partial charge in [0.1, 0.15) is 0 Å². The van der Waals surface area contributed by atoms with Crippen molar-refractivity contribution >= 4 is 11.9 Å². The Morgan fingerprint density at radius 1 is 1.33 bits per heavy atom. The number of carboxylic acid groups (broad SMARTS) is 1. The predicted octanol–water partition coefficient (Wildman–Crippen LogP) is 0.988. The molecule has 1 aliphatic heterocycles. The highest BCUT2D eigenvalue weighted by atomic mass is 16.4. The van der Waals surface area contributed by atoms with Crippen LogP contribution in [0.5, 0.6) is 0 Å². The Morgan fingerprint density at radius 3 is 2.47 bits per heavy atom. The van der Waals surface area contributed by atoms with E-state index in [-0.39, 0.29) is 17.4 Å². The van der Waals surface area contributed by atoms with Gasteiger partial charge in [-0.2, -0.15) is 0 Å². The van der Waals surface area contributed by atoms with E-state index in [4.69, 9.17) is 5.11 Å². The summed E-state index contributed by atoms with van der Waals surface area (Å²) in [6.45, 7) is 0.644. The van der Waals surface area contributed by atoms with Crippen molar-refractivity contribution in [1.82, 2.24) is 5.32 Å². The minimum atomic E-state index is -0.929. The first kappa shape index (κ1) is 9.71. The average molecular weight is 205 g/mol. The van der Waals surface area contributed by atoms with Gasteiger partial charge < -0.3 is 10.4 Å². The molecule has 2 rings (SSSR count). The molecule has 1 unspecified atom stereocenters. The minimum Gasteiger partial charge on any atom is -0.478 e. The number of benzene rings is 1. The van der Waals surface area contributed by atoms with Gasteiger partial charge in [-0.3, -0.25) is 4.79 Å². The molecule has 0 radical (unpaired) electrons. The van der Waals surface area contributed by atoms with E-state index in [1.165, 1.54) is 0 Å². The summed E-state index contributed by atoms with van der Waals surface area (Å²) in [7, 11) is 0. The van der Waals surface area contributed by atoms with Crippen molar-refractivity contribution in [2.75, 3.05) is 6.54 Å². The molecule has 1 atom stereocenters. The largest absolute Gasteiger partial charge is 0.478 e. The third-order valence-electron chi connectivity index (χ3n) is 2.61. The zero-order valence-corrected chi connectivity index (χ0v) is 8.06. The second kappa shape index (κ2) is 3.73. The Hall–Kier alpha value is -1.84. The van der Waals surface area contributed by atoms with Crippen molar-refractivity contribution in [2.24, 2.45) is 0 Å². The van der Waals surface area contributed by atoms with Crippen molar-refractivity contribution in [3.63, 3.8) is 0 Å². The lowest BCUT2D eigenvalue weighted by molar-refractivity contribution is -0.119. The maximum absolute atomic E-state index is 11.0. The summed E-state index contributed by atoms with van der Waals surface area (Å²) >= 11 is 0. The molecule has 1 fully saturated rings. The molecule has 1 aromatic rings. The van der Waals surface area contributed by atoms with Crippen LogP contribution in [-0.4, -0.2) is 23.5 Å². The lowest BCUT2D eigenvalue weighted by Crippen LogP contribution is -2.13. The smallest absolute Gasteiger partial charge is 0.335 e. The molecule has 1 heterocycles. The lowest BCUT2D eigenvalue weighted by Gasteiger charge is -2.07. The van der Waals surface area contributed by atoms with Gasteiger partial charge in [0.2, 0.25) is 5.91 Å². The first-order valence-corrected chi connectivity index (χ1v) is 4.77. The quantitative estimate of drug-likeness (QED) is 0.756. The monoisotopic (exact) mass is 205 g/mol. The summed E-state index contributed by atoms with van der Waals surface area (Å²) in [6, 6.07) is 6.68. The van der Waals surface area contributed by atoms with E-state index in [1.54, 1.807) is 24.3 Å². The van der Waals surface area contributed by atoms with Crippen LogP contribution in [0.15, 0.2) is 24.3 Å². The molecule has 15 heavy (non-hydrogen) atoms. The van der Waals surface area contributed by atoms with Crippen LogP contribution in [0.4, 0.5) is 0 Å². The Morgan fingerprint density at radius 2 is 2.00 bits per heavy atom. The van der Waals surface area contributed by atoms with Gasteiger partial charge in [-0.1, -0.05) is 12.1 Å². The van der Waals surface area contributed by atoms with Crippen LogP contribution >= 0.6 is 0 Å². The zero-order chi connectivity index (χ0) is 10.8. The fourth-order valence-electron chi connectivity index (χ4n) is 1.74. The average Bonchev–Trinajstić information content (AvgIpc) is 2.65. The van der Waals surface area contributed by atoms with Gasteiger partial charge in [0.25, 0.3) is 0 Å². The Kier molecular flexibility index (Phi) is 2.41. The van der Waals surface area contributed by atoms with Crippen LogP contribution in [0.25, 0.3) is 0 Å². The number of amides is 1. The third-order valence-corrected chi connectivity index (χ3v) is 2.61. The van der Waals surface area contributed by atoms with Crippen molar-refractivity contribution in [3.05, 3.63) is 35.4 Å². The summed E-state index contributed by atoms with van der Waals surface area (Å²) < 4.78 is 0. The van der Waals surface area contributed by atoms with E-state index in [1.807, 2.05) is 0 Å². The molecule has 78 valence electrons. The molecule has 0 saturated carbocycles. The highest BCUT2D eigenvalue weighted by molar-refractivity contribution is 5.87. The highest BCUT2D eigenvalue weighted by Crippen LogP contribution is 2.23. The van der Waals surface area contributed by atoms with E-state index >= 15 is 0 Å². The molecule has 4 nitrogen and oxygen atoms in total. The number of aromatic carboxylic acids is 1. The van der Waals surface area contributed by atoms with Gasteiger partial charge in [0.15, 0.2) is 0 Å². The van der Waals surface area contributed by atoms with Crippen LogP contribution in [0.1, 0.15) is 28.3 Å². The van der Waals surface area contributed by atoms with Crippen LogP contribution in [0, 0.1) is 0 Å². The lowest BCUT2D eigenvalue weighted by atomic mass is 9.97. The second-order valence-electron chi connectivity index (χ2n) is 3.63. The molecule has 1 saturated heterocycles. The van der Waals surface area contributed by atoms with E-state index in [0.717, 1.165) is 5.56 Å². The first-order valence-electron chi connectivity index (χ1n) is 4.77. The summed E-state index contributed by atoms with van der Waals surface area (Å²) in [5.41, 5.74) is 1.29. The van der Waals surface area contributed by atoms with Crippen LogP contribution in [0.2, 0.25) is 0 Å². The summed E-state index contributed by atoms with van der Waals surface area (Å²) in [5.74, 6) is -0.690. The van der Waals surface area contributed by atoms with Gasteiger partial charge in [-0.25, -0.2) is 4.79 Å². The maximum Gasteiger partial charge on any atom is 0.335 e. The molecule has 0 aliphatic carbocycles. The molecular formula is C11H11NO3. The van der Waals surface area contributed by atoms with Gasteiger partial charge in [0.05, 0.1) is 5.56 Å². The van der Waals surface area contributed by atoms with Gasteiger partial charge in [0, 0.05) is 18.9 Å². The van der Waals surface area contributed by atoms with E-state index < -0.39 is 5.97 Å². The summed E-state index contributed by atoms with van der Waals surface area (Å²) in [5, 5.41) is 11.5. The number of hydrogen-bond acceptors (Lipinski definition) is 2. The Balaban J connectivity index is 2.17. The van der Waals surface area contributed by atoms with E-state index in [9.17, 15) is 9.59 Å². The predicted molar refractivity (Wildman–Crippen MR) is 53.8 cm³/mol. The number of nitrogens with one attached hydrogen (secondary N) is 1. The highest BCUT2D eigenvalue weighted by Gasteiger charge is 2.22. The Labute approximate surface area is 86.9 Å². The maximum atomic E-state index is 11.0. The fourth-order valence-corrected chi connectivity index (χ4v) is 1.74. The molecule has 1 aliphatic rings. The summed E-state index contributed by atoms with van der Waals surface area (Å²) in [6.07, 6.45) is 0.492. The Bertz CT molecular complexity index is 397. The SMILES string of the molecule is O=C1CC(c2ccc(C(=O)O)cc2)CN1. The summed E-state index contributed by atoms with van der Waals surface area (Å²) in [4.78, 5) is 21.6. The van der Waals surface area contributed by atoms with Crippen molar-refractivity contribution in [2.45, 2.75) is 12.3 Å². The van der Waals surface area contributed by atoms with E-state index in [0.29, 0.717) is 13.0 Å². The van der Waals surface area contributed by atoms with Gasteiger partial charge >= 0.3 is 5.97 Å².